The van der Waals surface area contributed by atoms with E-state index >= 15 is 0 Å². The summed E-state index contributed by atoms with van der Waals surface area (Å²) < 4.78 is 25.3. The van der Waals surface area contributed by atoms with E-state index in [2.05, 4.69) is 20.8 Å². The lowest BCUT2D eigenvalue weighted by Gasteiger charge is -2.37. The Bertz CT molecular complexity index is 453. The summed E-state index contributed by atoms with van der Waals surface area (Å²) in [6.45, 7) is 4.15. The van der Waals surface area contributed by atoms with Crippen molar-refractivity contribution in [2.45, 2.75) is 25.2 Å². The maximum absolute atomic E-state index is 13.0. The van der Waals surface area contributed by atoms with Gasteiger partial charge in [0.1, 0.15) is 5.82 Å². The molecule has 2 saturated heterocycles. The zero-order valence-electron chi connectivity index (χ0n) is 10.7. The Morgan fingerprint density at radius 1 is 1.21 bits per heavy atom. The van der Waals surface area contributed by atoms with Crippen molar-refractivity contribution in [1.82, 2.24) is 4.90 Å². The molecule has 0 unspecified atom stereocenters. The molecule has 1 aromatic rings. The molecule has 1 aromatic carbocycles. The summed E-state index contributed by atoms with van der Waals surface area (Å²) in [7, 11) is 0. The third-order valence-electron chi connectivity index (χ3n) is 3.84. The topological polar surface area (TPSA) is 21.7 Å². The number of nitrogens with zero attached hydrogens (tertiary/aromatic N) is 1. The normalized spacial score (nSPS) is 23.1. The Kier molecular flexibility index (Phi) is 3.89. The van der Waals surface area contributed by atoms with Crippen LogP contribution < -0.4 is 0 Å². The number of rotatable bonds is 2. The lowest BCUT2D eigenvalue weighted by molar-refractivity contribution is -0.185. The minimum Gasteiger partial charge on any atom is -0.347 e. The van der Waals surface area contributed by atoms with E-state index in [9.17, 15) is 4.39 Å². The molecule has 0 radical (unpaired) electrons. The second kappa shape index (κ2) is 5.48. The highest BCUT2D eigenvalue weighted by molar-refractivity contribution is 9.10. The Morgan fingerprint density at radius 2 is 1.89 bits per heavy atom. The molecule has 5 heteroatoms. The van der Waals surface area contributed by atoms with Gasteiger partial charge in [-0.1, -0.05) is 22.0 Å². The van der Waals surface area contributed by atoms with Gasteiger partial charge in [0.05, 0.1) is 13.2 Å². The van der Waals surface area contributed by atoms with Crippen LogP contribution >= 0.6 is 15.9 Å². The molecule has 0 aromatic heterocycles. The molecule has 2 aliphatic rings. The second-order valence-corrected chi connectivity index (χ2v) is 5.97. The lowest BCUT2D eigenvalue weighted by atomic mass is 10.0. The van der Waals surface area contributed by atoms with Crippen LogP contribution in [0.2, 0.25) is 0 Å². The molecule has 2 aliphatic heterocycles. The van der Waals surface area contributed by atoms with Gasteiger partial charge in [-0.15, -0.1) is 0 Å². The van der Waals surface area contributed by atoms with Crippen molar-refractivity contribution in [2.24, 2.45) is 0 Å². The monoisotopic (exact) mass is 329 g/mol. The highest BCUT2D eigenvalue weighted by Gasteiger charge is 2.39. The first-order valence-corrected chi connectivity index (χ1v) is 7.40. The number of ether oxygens (including phenoxy) is 2. The molecule has 104 valence electrons. The number of hydrogen-bond acceptors (Lipinski definition) is 3. The van der Waals surface area contributed by atoms with Gasteiger partial charge in [0.15, 0.2) is 5.79 Å². The van der Waals surface area contributed by atoms with Gasteiger partial charge in [0.2, 0.25) is 0 Å². The molecule has 2 heterocycles. The number of hydrogen-bond donors (Lipinski definition) is 0. The molecule has 0 bridgehead atoms. The van der Waals surface area contributed by atoms with E-state index in [4.69, 9.17) is 9.47 Å². The first-order valence-electron chi connectivity index (χ1n) is 6.61. The van der Waals surface area contributed by atoms with Gasteiger partial charge in [-0.3, -0.25) is 4.90 Å². The zero-order chi connectivity index (χ0) is 13.3. The SMILES string of the molecule is Fc1ccc(CN2CCC3(CC2)OCCO3)c(Br)c1. The third kappa shape index (κ3) is 2.99. The van der Waals surface area contributed by atoms with Gasteiger partial charge >= 0.3 is 0 Å². The minimum atomic E-state index is -0.323. The molecule has 3 rings (SSSR count). The Morgan fingerprint density at radius 3 is 2.53 bits per heavy atom. The van der Waals surface area contributed by atoms with Crippen molar-refractivity contribution < 1.29 is 13.9 Å². The molecule has 3 nitrogen and oxygen atoms in total. The predicted molar refractivity (Wildman–Crippen MR) is 73.2 cm³/mol. The van der Waals surface area contributed by atoms with Crippen LogP contribution in [0.1, 0.15) is 18.4 Å². The molecule has 0 saturated carbocycles. The Balaban J connectivity index is 1.60. The fourth-order valence-electron chi connectivity index (χ4n) is 2.73. The van der Waals surface area contributed by atoms with Crippen molar-refractivity contribution in [3.63, 3.8) is 0 Å². The summed E-state index contributed by atoms with van der Waals surface area (Å²) in [5.74, 6) is -0.530. The highest BCUT2D eigenvalue weighted by atomic mass is 79.9. The quantitative estimate of drug-likeness (QED) is 0.832. The van der Waals surface area contributed by atoms with E-state index in [-0.39, 0.29) is 11.6 Å². The van der Waals surface area contributed by atoms with E-state index in [1.165, 1.54) is 12.1 Å². The largest absolute Gasteiger partial charge is 0.347 e. The summed E-state index contributed by atoms with van der Waals surface area (Å²) in [5, 5.41) is 0. The van der Waals surface area contributed by atoms with Crippen LogP contribution in [0.4, 0.5) is 4.39 Å². The molecule has 0 aliphatic carbocycles. The molecular weight excluding hydrogens is 313 g/mol. The first-order chi connectivity index (χ1) is 9.17. The van der Waals surface area contributed by atoms with Crippen LogP contribution in [-0.2, 0) is 16.0 Å². The maximum atomic E-state index is 13.0. The van der Waals surface area contributed by atoms with Gasteiger partial charge in [-0.25, -0.2) is 4.39 Å². The number of benzene rings is 1. The molecule has 0 amide bonds. The fourth-order valence-corrected chi connectivity index (χ4v) is 3.20. The zero-order valence-corrected chi connectivity index (χ0v) is 12.3. The molecule has 2 fully saturated rings. The van der Waals surface area contributed by atoms with Gasteiger partial charge in [-0.2, -0.15) is 0 Å². The van der Waals surface area contributed by atoms with Crippen LogP contribution in [-0.4, -0.2) is 37.0 Å². The standard InChI is InChI=1S/C14H17BrFNO2/c15-13-9-12(16)2-1-11(13)10-17-5-3-14(4-6-17)18-7-8-19-14/h1-2,9H,3-8,10H2. The maximum Gasteiger partial charge on any atom is 0.170 e. The van der Waals surface area contributed by atoms with Crippen LogP contribution in [0.5, 0.6) is 0 Å². The summed E-state index contributed by atoms with van der Waals surface area (Å²) >= 11 is 3.42. The summed E-state index contributed by atoms with van der Waals surface area (Å²) in [6, 6.07) is 4.87. The van der Waals surface area contributed by atoms with E-state index in [0.29, 0.717) is 13.2 Å². The minimum absolute atomic E-state index is 0.207. The van der Waals surface area contributed by atoms with Crippen molar-refractivity contribution in [1.29, 1.82) is 0 Å². The van der Waals surface area contributed by atoms with E-state index in [0.717, 1.165) is 42.5 Å². The van der Waals surface area contributed by atoms with Gasteiger partial charge in [0, 0.05) is 36.9 Å². The van der Waals surface area contributed by atoms with Gasteiger partial charge in [-0.05, 0) is 17.7 Å². The second-order valence-electron chi connectivity index (χ2n) is 5.12. The van der Waals surface area contributed by atoms with Gasteiger partial charge < -0.3 is 9.47 Å². The van der Waals surface area contributed by atoms with Crippen molar-refractivity contribution in [2.75, 3.05) is 26.3 Å². The van der Waals surface area contributed by atoms with Gasteiger partial charge in [0.25, 0.3) is 0 Å². The number of halogens is 2. The average molecular weight is 330 g/mol. The van der Waals surface area contributed by atoms with Crippen molar-refractivity contribution >= 4 is 15.9 Å². The number of likely N-dealkylation sites (tertiary alicyclic amines) is 1. The smallest absolute Gasteiger partial charge is 0.170 e. The fraction of sp³-hybridized carbons (Fsp3) is 0.571. The molecule has 19 heavy (non-hydrogen) atoms. The van der Waals surface area contributed by atoms with Crippen molar-refractivity contribution in [3.05, 3.63) is 34.1 Å². The van der Waals surface area contributed by atoms with E-state index in [1.807, 2.05) is 6.07 Å². The third-order valence-corrected chi connectivity index (χ3v) is 4.58. The lowest BCUT2D eigenvalue weighted by Crippen LogP contribution is -2.44. The van der Waals surface area contributed by atoms with Crippen LogP contribution in [0.25, 0.3) is 0 Å². The molecule has 0 atom stereocenters. The first kappa shape index (κ1) is 13.5. The molecular formula is C14H17BrFNO2. The molecule has 1 spiro atoms. The Labute approximate surface area is 120 Å². The summed E-state index contributed by atoms with van der Waals surface area (Å²) in [6.07, 6.45) is 1.82. The van der Waals surface area contributed by atoms with Crippen LogP contribution in [0.15, 0.2) is 22.7 Å². The van der Waals surface area contributed by atoms with E-state index in [1.54, 1.807) is 0 Å². The Hall–Kier alpha value is -0.490. The molecule has 0 N–H and O–H groups in total. The average Bonchev–Trinajstić information content (AvgIpc) is 2.84. The van der Waals surface area contributed by atoms with Crippen molar-refractivity contribution in [3.8, 4) is 0 Å². The van der Waals surface area contributed by atoms with Crippen LogP contribution in [0.3, 0.4) is 0 Å². The summed E-state index contributed by atoms with van der Waals surface area (Å²) in [4.78, 5) is 2.36. The van der Waals surface area contributed by atoms with E-state index < -0.39 is 0 Å². The highest BCUT2D eigenvalue weighted by Crippen LogP contribution is 2.32. The van der Waals surface area contributed by atoms with Crippen LogP contribution in [0, 0.1) is 5.82 Å². The number of piperidine rings is 1. The summed E-state index contributed by atoms with van der Waals surface area (Å²) in [5.41, 5.74) is 1.12. The predicted octanol–water partition coefficient (Wildman–Crippen LogP) is 2.93.